The first-order chi connectivity index (χ1) is 9.76. The van der Waals surface area contributed by atoms with Gasteiger partial charge in [0.15, 0.2) is 0 Å². The number of fused-ring (bicyclic) bond motifs is 1. The number of hydrogen-bond acceptors (Lipinski definition) is 5. The van der Waals surface area contributed by atoms with Crippen molar-refractivity contribution in [1.29, 1.82) is 5.26 Å². The molecule has 6 heteroatoms. The van der Waals surface area contributed by atoms with Crippen LogP contribution in [0.1, 0.15) is 11.3 Å². The van der Waals surface area contributed by atoms with E-state index in [1.807, 2.05) is 37.3 Å². The second-order valence-corrected chi connectivity index (χ2v) is 4.41. The Balaban J connectivity index is 1.93. The number of nitrogens with one attached hydrogen (secondary N) is 1. The van der Waals surface area contributed by atoms with Gasteiger partial charge in [0.1, 0.15) is 12.1 Å². The van der Waals surface area contributed by atoms with Gasteiger partial charge in [0.2, 0.25) is 0 Å². The summed E-state index contributed by atoms with van der Waals surface area (Å²) in [4.78, 5) is 8.37. The summed E-state index contributed by atoms with van der Waals surface area (Å²) in [5.41, 5.74) is 2.79. The van der Waals surface area contributed by atoms with Crippen LogP contribution in [-0.4, -0.2) is 19.6 Å². The molecule has 0 atom stereocenters. The van der Waals surface area contributed by atoms with Crippen molar-refractivity contribution in [2.24, 2.45) is 0 Å². The number of hydrogen-bond donors (Lipinski definition) is 1. The lowest BCUT2D eigenvalue weighted by molar-refractivity contribution is 0.937. The van der Waals surface area contributed by atoms with E-state index in [2.05, 4.69) is 26.5 Å². The molecule has 0 spiro atoms. The van der Waals surface area contributed by atoms with Crippen LogP contribution in [0.5, 0.6) is 0 Å². The van der Waals surface area contributed by atoms with Crippen LogP contribution >= 0.6 is 0 Å². The van der Waals surface area contributed by atoms with Gasteiger partial charge in [-0.15, -0.1) is 0 Å². The highest BCUT2D eigenvalue weighted by molar-refractivity contribution is 5.59. The predicted molar refractivity (Wildman–Crippen MR) is 74.6 cm³/mol. The maximum atomic E-state index is 8.66. The maximum Gasteiger partial charge on any atom is 0.254 e. The average Bonchev–Trinajstić information content (AvgIpc) is 2.89. The topological polar surface area (TPSA) is 78.9 Å². The molecule has 3 rings (SSSR count). The van der Waals surface area contributed by atoms with Gasteiger partial charge in [0, 0.05) is 17.4 Å². The summed E-state index contributed by atoms with van der Waals surface area (Å²) in [6.45, 7) is 1.91. The molecule has 0 saturated carbocycles. The first kappa shape index (κ1) is 12.1. The molecule has 0 bridgehead atoms. The molecule has 0 aliphatic heterocycles. The van der Waals surface area contributed by atoms with Crippen molar-refractivity contribution in [2.45, 2.75) is 13.3 Å². The molecule has 0 aliphatic rings. The molecule has 6 nitrogen and oxygen atoms in total. The van der Waals surface area contributed by atoms with Gasteiger partial charge in [-0.2, -0.15) is 19.9 Å². The lowest BCUT2D eigenvalue weighted by Crippen LogP contribution is -2.02. The largest absolute Gasteiger partial charge is 0.340 e. The summed E-state index contributed by atoms with van der Waals surface area (Å²) in [5, 5.41) is 16.1. The van der Waals surface area contributed by atoms with E-state index in [9.17, 15) is 0 Å². The fraction of sp³-hybridized carbons (Fsp3) is 0.143. The van der Waals surface area contributed by atoms with Crippen LogP contribution in [0, 0.1) is 18.3 Å². The summed E-state index contributed by atoms with van der Waals surface area (Å²) < 4.78 is 1.65. The average molecular weight is 264 g/mol. The first-order valence-corrected chi connectivity index (χ1v) is 6.16. The zero-order valence-corrected chi connectivity index (χ0v) is 10.9. The smallest absolute Gasteiger partial charge is 0.254 e. The van der Waals surface area contributed by atoms with Crippen LogP contribution in [0.15, 0.2) is 36.7 Å². The second kappa shape index (κ2) is 4.97. The van der Waals surface area contributed by atoms with E-state index < -0.39 is 0 Å². The summed E-state index contributed by atoms with van der Waals surface area (Å²) >= 11 is 0. The Morgan fingerprint density at radius 3 is 2.85 bits per heavy atom. The van der Waals surface area contributed by atoms with Gasteiger partial charge in [0.25, 0.3) is 5.78 Å². The molecule has 2 heterocycles. The van der Waals surface area contributed by atoms with Crippen molar-refractivity contribution in [1.82, 2.24) is 19.6 Å². The molecule has 20 heavy (non-hydrogen) atoms. The third-order valence-corrected chi connectivity index (χ3v) is 2.89. The van der Waals surface area contributed by atoms with Gasteiger partial charge in [0.05, 0.1) is 12.5 Å². The highest BCUT2D eigenvalue weighted by Crippen LogP contribution is 2.18. The second-order valence-electron chi connectivity index (χ2n) is 4.41. The van der Waals surface area contributed by atoms with E-state index in [1.165, 1.54) is 6.33 Å². The standard InChI is InChI=1S/C14H12N6/c1-10-8-13(20-14(18-10)16-9-17-20)19-12-4-2-11(3-5-12)6-7-15/h2-5,8-9,19H,6H2,1H3. The fourth-order valence-corrected chi connectivity index (χ4v) is 1.96. The molecular weight excluding hydrogens is 252 g/mol. The van der Waals surface area contributed by atoms with Crippen molar-refractivity contribution in [2.75, 3.05) is 5.32 Å². The van der Waals surface area contributed by atoms with Gasteiger partial charge >= 0.3 is 0 Å². The third-order valence-electron chi connectivity index (χ3n) is 2.89. The van der Waals surface area contributed by atoms with Crippen molar-refractivity contribution < 1.29 is 0 Å². The molecule has 1 N–H and O–H groups in total. The normalized spacial score (nSPS) is 10.4. The van der Waals surface area contributed by atoms with E-state index in [0.29, 0.717) is 12.2 Å². The number of aryl methyl sites for hydroxylation is 1. The van der Waals surface area contributed by atoms with Crippen molar-refractivity contribution in [3.8, 4) is 6.07 Å². The van der Waals surface area contributed by atoms with Crippen LogP contribution < -0.4 is 5.32 Å². The Bertz CT molecular complexity index is 782. The quantitative estimate of drug-likeness (QED) is 0.784. The zero-order valence-electron chi connectivity index (χ0n) is 10.9. The lowest BCUT2D eigenvalue weighted by Gasteiger charge is -2.09. The minimum Gasteiger partial charge on any atom is -0.340 e. The molecule has 2 aromatic heterocycles. The Labute approximate surface area is 115 Å². The SMILES string of the molecule is Cc1cc(Nc2ccc(CC#N)cc2)n2ncnc2n1. The fourth-order valence-electron chi connectivity index (χ4n) is 1.96. The molecular formula is C14H12N6. The van der Waals surface area contributed by atoms with Crippen molar-refractivity contribution in [3.05, 3.63) is 47.9 Å². The van der Waals surface area contributed by atoms with E-state index >= 15 is 0 Å². The molecule has 0 radical (unpaired) electrons. The van der Waals surface area contributed by atoms with Gasteiger partial charge in [-0.3, -0.25) is 0 Å². The summed E-state index contributed by atoms with van der Waals surface area (Å²) in [7, 11) is 0. The van der Waals surface area contributed by atoms with E-state index in [1.54, 1.807) is 4.52 Å². The van der Waals surface area contributed by atoms with Crippen LogP contribution in [0.25, 0.3) is 5.78 Å². The molecule has 3 aromatic rings. The van der Waals surface area contributed by atoms with Gasteiger partial charge in [-0.05, 0) is 24.6 Å². The van der Waals surface area contributed by atoms with Gasteiger partial charge in [-0.1, -0.05) is 12.1 Å². The number of nitriles is 1. The number of nitrogens with zero attached hydrogens (tertiary/aromatic N) is 5. The Morgan fingerprint density at radius 2 is 2.10 bits per heavy atom. The van der Waals surface area contributed by atoms with E-state index in [0.717, 1.165) is 22.8 Å². The number of anilines is 2. The highest BCUT2D eigenvalue weighted by Gasteiger charge is 2.05. The number of benzene rings is 1. The molecule has 98 valence electrons. The van der Waals surface area contributed by atoms with Crippen LogP contribution in [0.2, 0.25) is 0 Å². The maximum absolute atomic E-state index is 8.66. The summed E-state index contributed by atoms with van der Waals surface area (Å²) in [6.07, 6.45) is 1.89. The van der Waals surface area contributed by atoms with Crippen molar-refractivity contribution >= 4 is 17.3 Å². The van der Waals surface area contributed by atoms with Gasteiger partial charge < -0.3 is 5.32 Å². The molecule has 0 unspecified atom stereocenters. The molecule has 0 fully saturated rings. The van der Waals surface area contributed by atoms with E-state index in [-0.39, 0.29) is 0 Å². The summed E-state index contributed by atoms with van der Waals surface area (Å²) in [5.74, 6) is 1.37. The van der Waals surface area contributed by atoms with Crippen molar-refractivity contribution in [3.63, 3.8) is 0 Å². The van der Waals surface area contributed by atoms with Gasteiger partial charge in [-0.25, -0.2) is 4.98 Å². The first-order valence-electron chi connectivity index (χ1n) is 6.16. The number of aromatic nitrogens is 4. The summed E-state index contributed by atoms with van der Waals surface area (Å²) in [6, 6.07) is 11.8. The predicted octanol–water partition coefficient (Wildman–Crippen LogP) is 2.24. The molecule has 0 amide bonds. The van der Waals surface area contributed by atoms with Crippen LogP contribution in [-0.2, 0) is 6.42 Å². The minimum atomic E-state index is 0.419. The zero-order chi connectivity index (χ0) is 13.9. The van der Waals surface area contributed by atoms with Crippen LogP contribution in [0.3, 0.4) is 0 Å². The Hall–Kier alpha value is -2.94. The Kier molecular flexibility index (Phi) is 3.01. The third kappa shape index (κ3) is 2.29. The monoisotopic (exact) mass is 264 g/mol. The van der Waals surface area contributed by atoms with E-state index in [4.69, 9.17) is 5.26 Å². The minimum absolute atomic E-state index is 0.419. The molecule has 1 aromatic carbocycles. The Morgan fingerprint density at radius 1 is 1.30 bits per heavy atom. The van der Waals surface area contributed by atoms with Crippen LogP contribution in [0.4, 0.5) is 11.5 Å². The molecule has 0 saturated heterocycles. The highest BCUT2D eigenvalue weighted by atomic mass is 15.3. The lowest BCUT2D eigenvalue weighted by atomic mass is 10.1. The number of rotatable bonds is 3. The molecule has 0 aliphatic carbocycles.